The molecule has 0 amide bonds. The molecule has 0 atom stereocenters. The molecule has 0 fully saturated rings. The first-order valence-corrected chi connectivity index (χ1v) is 18.7. The molecule has 5 heteroatoms. The Morgan fingerprint density at radius 3 is 1.87 bits per heavy atom. The number of thiophene rings is 1. The summed E-state index contributed by atoms with van der Waals surface area (Å²) in [5.41, 5.74) is 9.35. The number of fused-ring (bicyclic) bond motifs is 12. The molecule has 0 N–H and O–H groups in total. The Labute approximate surface area is 307 Å². The molecular weight excluding hydrogens is 665 g/mol. The van der Waals surface area contributed by atoms with Crippen molar-refractivity contribution in [2.24, 2.45) is 0 Å². The van der Waals surface area contributed by atoms with Crippen LogP contribution in [0.2, 0.25) is 0 Å². The SMILES string of the molecule is c1ccc2c(c1)ccc1c2c2ccc(-n3c4ccccc4c4ccccc43)cc2n1-c1nc2ccccc2nc1-c1cccc2sc3ccccc3c12. The first kappa shape index (κ1) is 28.8. The van der Waals surface area contributed by atoms with Gasteiger partial charge in [-0.2, -0.15) is 0 Å². The van der Waals surface area contributed by atoms with Gasteiger partial charge in [-0.05, 0) is 65.4 Å². The van der Waals surface area contributed by atoms with Crippen molar-refractivity contribution in [2.45, 2.75) is 0 Å². The van der Waals surface area contributed by atoms with Gasteiger partial charge in [0.05, 0.1) is 33.1 Å². The van der Waals surface area contributed by atoms with E-state index in [4.69, 9.17) is 9.97 Å². The molecule has 246 valence electrons. The third kappa shape index (κ3) is 4.05. The van der Waals surface area contributed by atoms with Gasteiger partial charge in [0.25, 0.3) is 0 Å². The van der Waals surface area contributed by atoms with Gasteiger partial charge in [-0.25, -0.2) is 9.97 Å². The molecule has 0 radical (unpaired) electrons. The molecule has 12 aromatic rings. The minimum Gasteiger partial charge on any atom is -0.309 e. The Bertz CT molecular complexity index is 3420. The van der Waals surface area contributed by atoms with Crippen molar-refractivity contribution >= 4 is 96.9 Å². The van der Waals surface area contributed by atoms with E-state index in [2.05, 4.69) is 167 Å². The lowest BCUT2D eigenvalue weighted by atomic mass is 10.0. The van der Waals surface area contributed by atoms with Gasteiger partial charge < -0.3 is 4.57 Å². The van der Waals surface area contributed by atoms with Crippen LogP contribution in [0.3, 0.4) is 0 Å². The molecule has 0 saturated heterocycles. The standard InChI is InChI=1S/C48H28N4S/c1-2-13-31-29(12-1)24-27-41-45(31)34-26-25-30(51-39-20-8-3-14-32(39)33-15-4-9-21-40(33)51)28-42(34)52(41)48-47(49-37-18-6-7-19-38(37)50-48)36-17-11-23-44-46(36)35-16-5-10-22-43(35)53-44/h1-28H. The molecule has 0 spiro atoms. The number of nitrogens with zero attached hydrogens (tertiary/aromatic N) is 4. The number of hydrogen-bond acceptors (Lipinski definition) is 3. The maximum absolute atomic E-state index is 5.53. The van der Waals surface area contributed by atoms with Gasteiger partial charge >= 0.3 is 0 Å². The van der Waals surface area contributed by atoms with E-state index >= 15 is 0 Å². The molecule has 0 unspecified atom stereocenters. The highest BCUT2D eigenvalue weighted by atomic mass is 32.1. The van der Waals surface area contributed by atoms with E-state index in [-0.39, 0.29) is 0 Å². The van der Waals surface area contributed by atoms with Crippen molar-refractivity contribution in [3.63, 3.8) is 0 Å². The van der Waals surface area contributed by atoms with Crippen LogP contribution in [0.1, 0.15) is 0 Å². The lowest BCUT2D eigenvalue weighted by Gasteiger charge is -2.15. The second kappa shape index (κ2) is 10.8. The predicted octanol–water partition coefficient (Wildman–Crippen LogP) is 13.0. The molecule has 0 aliphatic heterocycles. The Morgan fingerprint density at radius 2 is 1.06 bits per heavy atom. The van der Waals surface area contributed by atoms with Crippen LogP contribution < -0.4 is 0 Å². The number of rotatable bonds is 3. The number of para-hydroxylation sites is 4. The van der Waals surface area contributed by atoms with Crippen LogP contribution in [0.5, 0.6) is 0 Å². The van der Waals surface area contributed by atoms with Crippen LogP contribution in [0.15, 0.2) is 170 Å². The average Bonchev–Trinajstić information content (AvgIpc) is 3.88. The average molecular weight is 693 g/mol. The second-order valence-electron chi connectivity index (χ2n) is 13.7. The first-order valence-electron chi connectivity index (χ1n) is 17.9. The van der Waals surface area contributed by atoms with Crippen molar-refractivity contribution in [2.75, 3.05) is 0 Å². The summed E-state index contributed by atoms with van der Waals surface area (Å²) < 4.78 is 7.28. The Kier molecular flexibility index (Phi) is 5.90. The summed E-state index contributed by atoms with van der Waals surface area (Å²) in [5, 5.41) is 9.78. The summed E-state index contributed by atoms with van der Waals surface area (Å²) in [4.78, 5) is 11.0. The number of benzene rings is 8. The Hall–Kier alpha value is -6.82. The third-order valence-corrected chi connectivity index (χ3v) is 12.0. The predicted molar refractivity (Wildman–Crippen MR) is 224 cm³/mol. The highest BCUT2D eigenvalue weighted by molar-refractivity contribution is 7.25. The largest absolute Gasteiger partial charge is 0.309 e. The quantitative estimate of drug-likeness (QED) is 0.185. The van der Waals surface area contributed by atoms with Crippen LogP contribution in [0.4, 0.5) is 0 Å². The minimum atomic E-state index is 0.820. The summed E-state index contributed by atoms with van der Waals surface area (Å²) in [6.45, 7) is 0. The molecule has 12 rings (SSSR count). The lowest BCUT2D eigenvalue weighted by molar-refractivity contribution is 1.08. The highest BCUT2D eigenvalue weighted by Gasteiger charge is 2.23. The van der Waals surface area contributed by atoms with Gasteiger partial charge in [0.2, 0.25) is 0 Å². The van der Waals surface area contributed by atoms with Crippen LogP contribution in [-0.4, -0.2) is 19.1 Å². The normalized spacial score (nSPS) is 12.2. The van der Waals surface area contributed by atoms with Crippen LogP contribution >= 0.6 is 11.3 Å². The van der Waals surface area contributed by atoms with Crippen LogP contribution in [0.25, 0.3) is 108 Å². The van der Waals surface area contributed by atoms with Crippen molar-refractivity contribution in [3.8, 4) is 22.8 Å². The fourth-order valence-electron chi connectivity index (χ4n) is 8.64. The maximum Gasteiger partial charge on any atom is 0.165 e. The Morgan fingerprint density at radius 1 is 0.396 bits per heavy atom. The molecule has 0 bridgehead atoms. The van der Waals surface area contributed by atoms with Crippen LogP contribution in [-0.2, 0) is 0 Å². The lowest BCUT2D eigenvalue weighted by Crippen LogP contribution is -2.04. The van der Waals surface area contributed by atoms with Crippen molar-refractivity contribution in [3.05, 3.63) is 170 Å². The highest BCUT2D eigenvalue weighted by Crippen LogP contribution is 2.44. The van der Waals surface area contributed by atoms with E-state index in [1.54, 1.807) is 0 Å². The second-order valence-corrected chi connectivity index (χ2v) is 14.8. The van der Waals surface area contributed by atoms with Crippen LogP contribution in [0, 0.1) is 0 Å². The number of aromatic nitrogens is 4. The molecule has 4 nitrogen and oxygen atoms in total. The Balaban J connectivity index is 1.26. The summed E-state index contributed by atoms with van der Waals surface area (Å²) >= 11 is 1.83. The fourth-order valence-corrected chi connectivity index (χ4v) is 9.78. The summed E-state index contributed by atoms with van der Waals surface area (Å²) in [6, 6.07) is 61.1. The van der Waals surface area contributed by atoms with Gasteiger partial charge in [0, 0.05) is 53.0 Å². The van der Waals surface area contributed by atoms with Crippen molar-refractivity contribution < 1.29 is 0 Å². The summed E-state index contributed by atoms with van der Waals surface area (Å²) in [7, 11) is 0. The van der Waals surface area contributed by atoms with Crippen molar-refractivity contribution in [1.82, 2.24) is 19.1 Å². The molecule has 53 heavy (non-hydrogen) atoms. The van der Waals surface area contributed by atoms with E-state index in [0.29, 0.717) is 0 Å². The summed E-state index contributed by atoms with van der Waals surface area (Å²) in [5.74, 6) is 0.820. The monoisotopic (exact) mass is 692 g/mol. The number of hydrogen-bond donors (Lipinski definition) is 0. The van der Waals surface area contributed by atoms with Gasteiger partial charge in [-0.15, -0.1) is 11.3 Å². The molecule has 4 aromatic heterocycles. The molecular formula is C48H28N4S. The van der Waals surface area contributed by atoms with Gasteiger partial charge in [0.15, 0.2) is 5.82 Å². The molecule has 0 saturated carbocycles. The summed E-state index contributed by atoms with van der Waals surface area (Å²) in [6.07, 6.45) is 0. The van der Waals surface area contributed by atoms with E-state index < -0.39 is 0 Å². The third-order valence-electron chi connectivity index (χ3n) is 10.9. The first-order chi connectivity index (χ1) is 26.3. The van der Waals surface area contributed by atoms with E-state index in [1.807, 2.05) is 23.5 Å². The molecule has 0 aliphatic rings. The maximum atomic E-state index is 5.53. The van der Waals surface area contributed by atoms with Gasteiger partial charge in [0.1, 0.15) is 5.69 Å². The van der Waals surface area contributed by atoms with Gasteiger partial charge in [-0.1, -0.05) is 115 Å². The van der Waals surface area contributed by atoms with E-state index in [9.17, 15) is 0 Å². The van der Waals surface area contributed by atoms with Gasteiger partial charge in [-0.3, -0.25) is 4.57 Å². The van der Waals surface area contributed by atoms with Crippen molar-refractivity contribution in [1.29, 1.82) is 0 Å². The van der Waals surface area contributed by atoms with E-state index in [1.165, 1.54) is 63.5 Å². The zero-order valence-electron chi connectivity index (χ0n) is 28.4. The zero-order chi connectivity index (χ0) is 34.6. The fraction of sp³-hybridized carbons (Fsp3) is 0. The molecule has 8 aromatic carbocycles. The zero-order valence-corrected chi connectivity index (χ0v) is 29.2. The molecule has 4 heterocycles. The van der Waals surface area contributed by atoms with E-state index in [0.717, 1.165) is 44.8 Å². The molecule has 0 aliphatic carbocycles. The smallest absolute Gasteiger partial charge is 0.165 e. The topological polar surface area (TPSA) is 35.6 Å². The minimum absolute atomic E-state index is 0.820.